The van der Waals surface area contributed by atoms with Gasteiger partial charge in [0.15, 0.2) is 0 Å². The molecule has 0 aliphatic heterocycles. The summed E-state index contributed by atoms with van der Waals surface area (Å²) in [4.78, 5) is 0. The van der Waals surface area contributed by atoms with Gasteiger partial charge < -0.3 is 11.1 Å². The molecule has 2 aliphatic rings. The maximum absolute atomic E-state index is 5.79. The molecular weight excluding hydrogens is 172 g/mol. The van der Waals surface area contributed by atoms with E-state index in [0.717, 1.165) is 18.0 Å². The molecule has 82 valence electrons. The Bertz CT molecular complexity index is 175. The molecule has 2 atom stereocenters. The lowest BCUT2D eigenvalue weighted by molar-refractivity contribution is 0.255. The van der Waals surface area contributed by atoms with Crippen molar-refractivity contribution in [1.82, 2.24) is 5.32 Å². The second-order valence-electron chi connectivity index (χ2n) is 5.41. The minimum absolute atomic E-state index is 0.484. The van der Waals surface area contributed by atoms with Gasteiger partial charge in [0.25, 0.3) is 0 Å². The molecule has 0 bridgehead atoms. The maximum atomic E-state index is 5.79. The lowest BCUT2D eigenvalue weighted by atomic mass is 9.86. The van der Waals surface area contributed by atoms with E-state index in [1.54, 1.807) is 0 Å². The Balaban J connectivity index is 1.69. The first-order chi connectivity index (χ1) is 6.74. The SMILES string of the molecule is CC1CCCC(NC2CC(N)C2)CC1. The number of nitrogens with one attached hydrogen (secondary N) is 1. The molecule has 2 aliphatic carbocycles. The van der Waals surface area contributed by atoms with Crippen molar-refractivity contribution in [2.24, 2.45) is 11.7 Å². The Labute approximate surface area is 87.6 Å². The molecule has 2 fully saturated rings. The summed E-state index contributed by atoms with van der Waals surface area (Å²) < 4.78 is 0. The van der Waals surface area contributed by atoms with Crippen molar-refractivity contribution in [3.05, 3.63) is 0 Å². The molecular formula is C12H24N2. The fourth-order valence-electron chi connectivity index (χ4n) is 2.79. The van der Waals surface area contributed by atoms with Crippen molar-refractivity contribution >= 4 is 0 Å². The molecule has 2 nitrogen and oxygen atoms in total. The maximum Gasteiger partial charge on any atom is 0.00991 e. The van der Waals surface area contributed by atoms with Gasteiger partial charge in [0.2, 0.25) is 0 Å². The quantitative estimate of drug-likeness (QED) is 0.663. The van der Waals surface area contributed by atoms with Gasteiger partial charge in [-0.2, -0.15) is 0 Å². The second kappa shape index (κ2) is 4.63. The first kappa shape index (κ1) is 10.4. The number of hydrogen-bond donors (Lipinski definition) is 2. The van der Waals surface area contributed by atoms with Gasteiger partial charge in [0.05, 0.1) is 0 Å². The summed E-state index contributed by atoms with van der Waals surface area (Å²) in [5.74, 6) is 0.949. The Morgan fingerprint density at radius 1 is 1.00 bits per heavy atom. The van der Waals surface area contributed by atoms with Crippen LogP contribution >= 0.6 is 0 Å². The molecule has 2 unspecified atom stereocenters. The normalized spacial score (nSPS) is 44.1. The van der Waals surface area contributed by atoms with E-state index in [1.165, 1.54) is 44.9 Å². The van der Waals surface area contributed by atoms with Crippen LogP contribution in [0.2, 0.25) is 0 Å². The van der Waals surface area contributed by atoms with Gasteiger partial charge >= 0.3 is 0 Å². The summed E-state index contributed by atoms with van der Waals surface area (Å²) in [6.07, 6.45) is 9.43. The molecule has 2 saturated carbocycles. The minimum Gasteiger partial charge on any atom is -0.328 e. The van der Waals surface area contributed by atoms with Crippen LogP contribution < -0.4 is 11.1 Å². The summed E-state index contributed by atoms with van der Waals surface area (Å²) in [6, 6.07) is 2.01. The van der Waals surface area contributed by atoms with Crippen LogP contribution in [0.15, 0.2) is 0 Å². The van der Waals surface area contributed by atoms with Crippen molar-refractivity contribution in [1.29, 1.82) is 0 Å². The molecule has 0 aromatic carbocycles. The van der Waals surface area contributed by atoms with E-state index in [1.807, 2.05) is 0 Å². The van der Waals surface area contributed by atoms with Crippen molar-refractivity contribution in [2.75, 3.05) is 0 Å². The zero-order valence-corrected chi connectivity index (χ0v) is 9.34. The van der Waals surface area contributed by atoms with Crippen LogP contribution in [-0.2, 0) is 0 Å². The van der Waals surface area contributed by atoms with Crippen LogP contribution in [0, 0.1) is 5.92 Å². The van der Waals surface area contributed by atoms with Crippen LogP contribution in [0.25, 0.3) is 0 Å². The second-order valence-corrected chi connectivity index (χ2v) is 5.41. The predicted molar refractivity (Wildman–Crippen MR) is 60.2 cm³/mol. The Morgan fingerprint density at radius 3 is 2.50 bits per heavy atom. The molecule has 0 aromatic rings. The molecule has 0 aromatic heterocycles. The molecule has 2 rings (SSSR count). The van der Waals surface area contributed by atoms with E-state index in [9.17, 15) is 0 Å². The minimum atomic E-state index is 0.484. The highest BCUT2D eigenvalue weighted by Crippen LogP contribution is 2.25. The van der Waals surface area contributed by atoms with Crippen LogP contribution in [0.5, 0.6) is 0 Å². The van der Waals surface area contributed by atoms with Gasteiger partial charge in [0.1, 0.15) is 0 Å². The van der Waals surface area contributed by atoms with E-state index in [4.69, 9.17) is 5.73 Å². The molecule has 0 radical (unpaired) electrons. The third-order valence-corrected chi connectivity index (χ3v) is 3.90. The predicted octanol–water partition coefficient (Wildman–Crippen LogP) is 2.03. The zero-order valence-electron chi connectivity index (χ0n) is 9.34. The van der Waals surface area contributed by atoms with Crippen LogP contribution in [-0.4, -0.2) is 18.1 Å². The summed E-state index contributed by atoms with van der Waals surface area (Å²) in [5, 5.41) is 3.77. The van der Waals surface area contributed by atoms with E-state index < -0.39 is 0 Å². The van der Waals surface area contributed by atoms with Crippen LogP contribution in [0.3, 0.4) is 0 Å². The molecule has 2 heteroatoms. The smallest absolute Gasteiger partial charge is 0.00991 e. The fourth-order valence-corrected chi connectivity index (χ4v) is 2.79. The largest absolute Gasteiger partial charge is 0.328 e. The van der Waals surface area contributed by atoms with Gasteiger partial charge in [-0.1, -0.05) is 19.8 Å². The van der Waals surface area contributed by atoms with E-state index in [2.05, 4.69) is 12.2 Å². The summed E-state index contributed by atoms with van der Waals surface area (Å²) in [5.41, 5.74) is 5.79. The van der Waals surface area contributed by atoms with Crippen molar-refractivity contribution < 1.29 is 0 Å². The lowest BCUT2D eigenvalue weighted by Gasteiger charge is -2.36. The van der Waals surface area contributed by atoms with E-state index in [-0.39, 0.29) is 0 Å². The van der Waals surface area contributed by atoms with Crippen molar-refractivity contribution in [3.63, 3.8) is 0 Å². The highest BCUT2D eigenvalue weighted by Gasteiger charge is 2.28. The van der Waals surface area contributed by atoms with Gasteiger partial charge in [-0.15, -0.1) is 0 Å². The molecule has 14 heavy (non-hydrogen) atoms. The van der Waals surface area contributed by atoms with Crippen LogP contribution in [0.1, 0.15) is 51.9 Å². The van der Waals surface area contributed by atoms with Gasteiger partial charge in [-0.3, -0.25) is 0 Å². The summed E-state index contributed by atoms with van der Waals surface area (Å²) in [7, 11) is 0. The Hall–Kier alpha value is -0.0800. The van der Waals surface area contributed by atoms with Gasteiger partial charge in [-0.25, -0.2) is 0 Å². The average molecular weight is 196 g/mol. The summed E-state index contributed by atoms with van der Waals surface area (Å²) >= 11 is 0. The lowest BCUT2D eigenvalue weighted by Crippen LogP contribution is -2.51. The average Bonchev–Trinajstić information content (AvgIpc) is 2.29. The summed E-state index contributed by atoms with van der Waals surface area (Å²) in [6.45, 7) is 2.39. The Morgan fingerprint density at radius 2 is 1.79 bits per heavy atom. The first-order valence-electron chi connectivity index (χ1n) is 6.25. The monoisotopic (exact) mass is 196 g/mol. The van der Waals surface area contributed by atoms with Crippen molar-refractivity contribution in [3.8, 4) is 0 Å². The molecule has 3 N–H and O–H groups in total. The van der Waals surface area contributed by atoms with Crippen LogP contribution in [0.4, 0.5) is 0 Å². The molecule has 0 heterocycles. The molecule has 0 saturated heterocycles. The van der Waals surface area contributed by atoms with E-state index >= 15 is 0 Å². The van der Waals surface area contributed by atoms with Gasteiger partial charge in [0, 0.05) is 18.1 Å². The van der Waals surface area contributed by atoms with Gasteiger partial charge in [-0.05, 0) is 38.0 Å². The number of nitrogens with two attached hydrogens (primary N) is 1. The fraction of sp³-hybridized carbons (Fsp3) is 1.00. The first-order valence-corrected chi connectivity index (χ1v) is 6.25. The topological polar surface area (TPSA) is 38.0 Å². The zero-order chi connectivity index (χ0) is 9.97. The molecule has 0 amide bonds. The Kier molecular flexibility index (Phi) is 3.45. The highest BCUT2D eigenvalue weighted by atomic mass is 15.0. The third kappa shape index (κ3) is 2.71. The third-order valence-electron chi connectivity index (χ3n) is 3.90. The number of hydrogen-bond acceptors (Lipinski definition) is 2. The number of rotatable bonds is 2. The van der Waals surface area contributed by atoms with E-state index in [0.29, 0.717) is 6.04 Å². The standard InChI is InChI=1S/C12H24N2/c1-9-3-2-4-11(6-5-9)14-12-7-10(13)8-12/h9-12,14H,2-8,13H2,1H3. The highest BCUT2D eigenvalue weighted by molar-refractivity contribution is 4.90. The van der Waals surface area contributed by atoms with Crippen molar-refractivity contribution in [2.45, 2.75) is 70.0 Å². The molecule has 0 spiro atoms.